The highest BCUT2D eigenvalue weighted by Gasteiger charge is 2.38. The van der Waals surface area contributed by atoms with E-state index in [1.54, 1.807) is 25.2 Å². The highest BCUT2D eigenvalue weighted by Crippen LogP contribution is 2.43. The number of nitro benzene ring substituents is 1. The Kier molecular flexibility index (Phi) is 5.51. The molecular weight excluding hydrogens is 328 g/mol. The standard InChI is InChI=1S/C20H24N4O2/c1-21-19(22-14-16-8-5-6-11-18(16)24(25)26)23-15-20(12-7-13-20)17-9-3-2-4-10-17/h2-6,8-11H,7,12-15H2,1H3,(H2,21,22,23). The van der Waals surface area contributed by atoms with Crippen molar-refractivity contribution in [2.24, 2.45) is 4.99 Å². The molecule has 136 valence electrons. The number of hydrogen-bond acceptors (Lipinski definition) is 3. The van der Waals surface area contributed by atoms with E-state index in [1.165, 1.54) is 18.1 Å². The van der Waals surface area contributed by atoms with Crippen LogP contribution in [0.25, 0.3) is 0 Å². The number of nitrogens with zero attached hydrogens (tertiary/aromatic N) is 2. The lowest BCUT2D eigenvalue weighted by atomic mass is 9.64. The second-order valence-corrected chi connectivity index (χ2v) is 6.67. The molecule has 2 aromatic rings. The van der Waals surface area contributed by atoms with Gasteiger partial charge in [-0.2, -0.15) is 0 Å². The summed E-state index contributed by atoms with van der Waals surface area (Å²) in [7, 11) is 1.71. The monoisotopic (exact) mass is 352 g/mol. The largest absolute Gasteiger partial charge is 0.356 e. The average Bonchev–Trinajstić information content (AvgIpc) is 2.64. The molecule has 0 spiro atoms. The SMILES string of the molecule is CN=C(NCc1ccccc1[N+](=O)[O-])NCC1(c2ccccc2)CCC1. The van der Waals surface area contributed by atoms with E-state index in [1.807, 2.05) is 6.07 Å². The van der Waals surface area contributed by atoms with Crippen molar-refractivity contribution in [1.82, 2.24) is 10.6 Å². The van der Waals surface area contributed by atoms with E-state index in [0.717, 1.165) is 19.4 Å². The Morgan fingerprint density at radius 3 is 2.42 bits per heavy atom. The van der Waals surface area contributed by atoms with Crippen LogP contribution in [0.2, 0.25) is 0 Å². The number of guanidine groups is 1. The van der Waals surface area contributed by atoms with Gasteiger partial charge in [-0.25, -0.2) is 0 Å². The highest BCUT2D eigenvalue weighted by atomic mass is 16.6. The molecule has 0 aliphatic heterocycles. The van der Waals surface area contributed by atoms with Crippen LogP contribution in [-0.2, 0) is 12.0 Å². The van der Waals surface area contributed by atoms with Crippen LogP contribution in [0.4, 0.5) is 5.69 Å². The van der Waals surface area contributed by atoms with Crippen LogP contribution in [-0.4, -0.2) is 24.5 Å². The zero-order valence-corrected chi connectivity index (χ0v) is 14.9. The molecule has 0 unspecified atom stereocenters. The van der Waals surface area contributed by atoms with E-state index in [-0.39, 0.29) is 16.0 Å². The van der Waals surface area contributed by atoms with Crippen LogP contribution >= 0.6 is 0 Å². The maximum absolute atomic E-state index is 11.1. The topological polar surface area (TPSA) is 79.6 Å². The van der Waals surface area contributed by atoms with Gasteiger partial charge in [-0.3, -0.25) is 15.1 Å². The van der Waals surface area contributed by atoms with Gasteiger partial charge in [0.2, 0.25) is 0 Å². The summed E-state index contributed by atoms with van der Waals surface area (Å²) in [5.41, 5.74) is 2.27. The first-order valence-corrected chi connectivity index (χ1v) is 8.87. The molecule has 1 aliphatic rings. The summed E-state index contributed by atoms with van der Waals surface area (Å²) >= 11 is 0. The van der Waals surface area contributed by atoms with Crippen molar-refractivity contribution >= 4 is 11.6 Å². The number of nitrogens with one attached hydrogen (secondary N) is 2. The van der Waals surface area contributed by atoms with Gasteiger partial charge in [0.25, 0.3) is 5.69 Å². The molecule has 0 radical (unpaired) electrons. The Morgan fingerprint density at radius 2 is 1.81 bits per heavy atom. The average molecular weight is 352 g/mol. The molecule has 1 fully saturated rings. The highest BCUT2D eigenvalue weighted by molar-refractivity contribution is 5.79. The van der Waals surface area contributed by atoms with Gasteiger partial charge in [0, 0.05) is 37.2 Å². The smallest absolute Gasteiger partial charge is 0.274 e. The molecule has 6 nitrogen and oxygen atoms in total. The summed E-state index contributed by atoms with van der Waals surface area (Å²) in [6.07, 6.45) is 3.55. The minimum atomic E-state index is -0.355. The van der Waals surface area contributed by atoms with E-state index < -0.39 is 0 Å². The lowest BCUT2D eigenvalue weighted by Crippen LogP contribution is -2.48. The molecule has 1 saturated carbocycles. The van der Waals surface area contributed by atoms with Crippen molar-refractivity contribution in [3.63, 3.8) is 0 Å². The van der Waals surface area contributed by atoms with E-state index in [4.69, 9.17) is 0 Å². The Balaban J connectivity index is 1.62. The summed E-state index contributed by atoms with van der Waals surface area (Å²) in [6, 6.07) is 17.3. The molecular formula is C20H24N4O2. The Labute approximate surface area is 153 Å². The minimum Gasteiger partial charge on any atom is -0.356 e. The molecule has 0 saturated heterocycles. The lowest BCUT2D eigenvalue weighted by Gasteiger charge is -2.43. The summed E-state index contributed by atoms with van der Waals surface area (Å²) in [5, 5.41) is 17.7. The van der Waals surface area contributed by atoms with Gasteiger partial charge in [0.1, 0.15) is 0 Å². The van der Waals surface area contributed by atoms with Crippen molar-refractivity contribution < 1.29 is 4.92 Å². The zero-order valence-electron chi connectivity index (χ0n) is 14.9. The fourth-order valence-electron chi connectivity index (χ4n) is 3.45. The van der Waals surface area contributed by atoms with Crippen molar-refractivity contribution in [1.29, 1.82) is 0 Å². The van der Waals surface area contributed by atoms with Gasteiger partial charge >= 0.3 is 0 Å². The van der Waals surface area contributed by atoms with E-state index in [9.17, 15) is 10.1 Å². The third kappa shape index (κ3) is 3.85. The van der Waals surface area contributed by atoms with Crippen molar-refractivity contribution in [3.8, 4) is 0 Å². The third-order valence-corrected chi connectivity index (χ3v) is 5.15. The summed E-state index contributed by atoms with van der Waals surface area (Å²) in [6.45, 7) is 1.16. The molecule has 0 aromatic heterocycles. The Hall–Kier alpha value is -2.89. The number of aliphatic imine (C=N–C) groups is 1. The van der Waals surface area contributed by atoms with Crippen LogP contribution in [0.15, 0.2) is 59.6 Å². The van der Waals surface area contributed by atoms with Crippen LogP contribution in [0.3, 0.4) is 0 Å². The predicted octanol–water partition coefficient (Wildman–Crippen LogP) is 3.38. The maximum atomic E-state index is 11.1. The molecule has 0 bridgehead atoms. The second kappa shape index (κ2) is 7.99. The van der Waals surface area contributed by atoms with Crippen LogP contribution in [0.5, 0.6) is 0 Å². The normalized spacial score (nSPS) is 15.8. The fourth-order valence-corrected chi connectivity index (χ4v) is 3.45. The van der Waals surface area contributed by atoms with Gasteiger partial charge in [-0.15, -0.1) is 0 Å². The molecule has 2 N–H and O–H groups in total. The molecule has 26 heavy (non-hydrogen) atoms. The van der Waals surface area contributed by atoms with Gasteiger partial charge in [-0.1, -0.05) is 55.0 Å². The van der Waals surface area contributed by atoms with Gasteiger partial charge < -0.3 is 10.6 Å². The first-order valence-electron chi connectivity index (χ1n) is 8.87. The molecule has 3 rings (SSSR count). The predicted molar refractivity (Wildman–Crippen MR) is 103 cm³/mol. The van der Waals surface area contributed by atoms with Gasteiger partial charge in [0.05, 0.1) is 4.92 Å². The molecule has 6 heteroatoms. The molecule has 2 aromatic carbocycles. The fraction of sp³-hybridized carbons (Fsp3) is 0.350. The minimum absolute atomic E-state index is 0.121. The number of para-hydroxylation sites is 1. The molecule has 0 atom stereocenters. The van der Waals surface area contributed by atoms with Crippen molar-refractivity contribution in [2.45, 2.75) is 31.2 Å². The van der Waals surface area contributed by atoms with E-state index in [2.05, 4.69) is 39.9 Å². The second-order valence-electron chi connectivity index (χ2n) is 6.67. The first-order chi connectivity index (χ1) is 12.6. The Bertz CT molecular complexity index is 785. The molecule has 1 aliphatic carbocycles. The zero-order chi connectivity index (χ0) is 18.4. The Morgan fingerprint density at radius 1 is 1.12 bits per heavy atom. The van der Waals surface area contributed by atoms with Crippen LogP contribution in [0, 0.1) is 10.1 Å². The maximum Gasteiger partial charge on any atom is 0.274 e. The van der Waals surface area contributed by atoms with Gasteiger partial charge in [-0.05, 0) is 18.4 Å². The van der Waals surface area contributed by atoms with Crippen molar-refractivity contribution in [2.75, 3.05) is 13.6 Å². The number of rotatable bonds is 6. The summed E-state index contributed by atoms with van der Waals surface area (Å²) in [5.74, 6) is 0.658. The van der Waals surface area contributed by atoms with Crippen LogP contribution < -0.4 is 10.6 Å². The number of nitro groups is 1. The third-order valence-electron chi connectivity index (χ3n) is 5.15. The van der Waals surface area contributed by atoms with Gasteiger partial charge in [0.15, 0.2) is 5.96 Å². The van der Waals surface area contributed by atoms with Crippen LogP contribution in [0.1, 0.15) is 30.4 Å². The molecule has 0 amide bonds. The quantitative estimate of drug-likeness (QED) is 0.361. The lowest BCUT2D eigenvalue weighted by molar-refractivity contribution is -0.385. The van der Waals surface area contributed by atoms with Crippen molar-refractivity contribution in [3.05, 3.63) is 75.8 Å². The van der Waals surface area contributed by atoms with E-state index in [0.29, 0.717) is 18.1 Å². The summed E-state index contributed by atoms with van der Waals surface area (Å²) in [4.78, 5) is 15.0. The summed E-state index contributed by atoms with van der Waals surface area (Å²) < 4.78 is 0. The molecule has 0 heterocycles. The number of hydrogen-bond donors (Lipinski definition) is 2. The first kappa shape index (κ1) is 17.9. The number of benzene rings is 2. The van der Waals surface area contributed by atoms with E-state index >= 15 is 0 Å².